The van der Waals surface area contributed by atoms with E-state index in [4.69, 9.17) is 16.9 Å². The zero-order valence-electron chi connectivity index (χ0n) is 13.5. The minimum Gasteiger partial charge on any atom is -0.350 e. The van der Waals surface area contributed by atoms with E-state index in [1.165, 1.54) is 6.07 Å². The molecule has 9 heteroatoms. The number of aromatic nitrogens is 3. The van der Waals surface area contributed by atoms with E-state index in [9.17, 15) is 9.59 Å². The van der Waals surface area contributed by atoms with Gasteiger partial charge in [-0.25, -0.2) is 4.79 Å². The predicted octanol–water partition coefficient (Wildman–Crippen LogP) is 3.29. The molecule has 0 radical (unpaired) electrons. The van der Waals surface area contributed by atoms with Crippen LogP contribution >= 0.6 is 11.6 Å². The van der Waals surface area contributed by atoms with Gasteiger partial charge in [0.05, 0.1) is 17.3 Å². The molecular weight excluding hydrogens is 370 g/mol. The van der Waals surface area contributed by atoms with Gasteiger partial charge in [0.2, 0.25) is 0 Å². The van der Waals surface area contributed by atoms with E-state index in [0.717, 1.165) is 10.9 Å². The number of hydrogen-bond donors (Lipinski definition) is 3. The quantitative estimate of drug-likeness (QED) is 0.503. The highest BCUT2D eigenvalue weighted by molar-refractivity contribution is 6.31. The summed E-state index contributed by atoms with van der Waals surface area (Å²) in [6, 6.07) is 13.5. The normalized spacial score (nSPS) is 10.7. The van der Waals surface area contributed by atoms with Gasteiger partial charge < -0.3 is 10.3 Å². The SMILES string of the molecule is N#Cc1ccc(NC(=O)c2cc3ccc(Cl)cc3[nH]2)c(-c2noc(=O)[nH]2)c1. The first-order chi connectivity index (χ1) is 13.0. The fraction of sp³-hybridized carbons (Fsp3) is 0. The van der Waals surface area contributed by atoms with E-state index in [-0.39, 0.29) is 5.82 Å². The molecule has 2 aromatic carbocycles. The van der Waals surface area contributed by atoms with Gasteiger partial charge in [-0.3, -0.25) is 14.3 Å². The lowest BCUT2D eigenvalue weighted by Crippen LogP contribution is -2.13. The number of nitriles is 1. The molecule has 0 aliphatic carbocycles. The molecule has 0 aliphatic heterocycles. The van der Waals surface area contributed by atoms with Crippen LogP contribution in [0.2, 0.25) is 5.02 Å². The topological polar surface area (TPSA) is 128 Å². The highest BCUT2D eigenvalue weighted by atomic mass is 35.5. The van der Waals surface area contributed by atoms with Gasteiger partial charge in [0, 0.05) is 21.5 Å². The lowest BCUT2D eigenvalue weighted by Gasteiger charge is -2.08. The number of hydrogen-bond acceptors (Lipinski definition) is 5. The third-order valence-corrected chi connectivity index (χ3v) is 4.16. The summed E-state index contributed by atoms with van der Waals surface area (Å²) in [6.45, 7) is 0. The highest BCUT2D eigenvalue weighted by Gasteiger charge is 2.16. The lowest BCUT2D eigenvalue weighted by molar-refractivity contribution is 0.102. The second kappa shape index (κ2) is 6.48. The van der Waals surface area contributed by atoms with Crippen LogP contribution in [0.1, 0.15) is 16.1 Å². The Labute approximate surface area is 156 Å². The number of benzene rings is 2. The van der Waals surface area contributed by atoms with Crippen LogP contribution in [0.4, 0.5) is 5.69 Å². The van der Waals surface area contributed by atoms with Gasteiger partial charge in [0.1, 0.15) is 5.69 Å². The van der Waals surface area contributed by atoms with E-state index < -0.39 is 11.7 Å². The van der Waals surface area contributed by atoms with Crippen molar-refractivity contribution in [3.63, 3.8) is 0 Å². The second-order valence-electron chi connectivity index (χ2n) is 5.68. The molecule has 4 aromatic rings. The number of carbonyl (C=O) groups excluding carboxylic acids is 1. The first-order valence-corrected chi connectivity index (χ1v) is 8.11. The number of rotatable bonds is 3. The molecule has 0 fully saturated rings. The first kappa shape index (κ1) is 16.6. The Kier molecular flexibility index (Phi) is 3.99. The van der Waals surface area contributed by atoms with Crippen LogP contribution in [0.3, 0.4) is 0 Å². The van der Waals surface area contributed by atoms with Crippen LogP contribution in [-0.4, -0.2) is 21.0 Å². The molecule has 0 unspecified atom stereocenters. The van der Waals surface area contributed by atoms with Crippen molar-refractivity contribution in [2.45, 2.75) is 0 Å². The number of carbonyl (C=O) groups is 1. The van der Waals surface area contributed by atoms with Gasteiger partial charge in [-0.2, -0.15) is 5.26 Å². The second-order valence-corrected chi connectivity index (χ2v) is 6.12. The maximum atomic E-state index is 12.7. The molecular formula is C18H10ClN5O3. The predicted molar refractivity (Wildman–Crippen MR) is 98.5 cm³/mol. The molecule has 2 aromatic heterocycles. The molecule has 4 rings (SSSR count). The number of nitrogens with one attached hydrogen (secondary N) is 3. The Hall–Kier alpha value is -3.83. The van der Waals surface area contributed by atoms with Crippen LogP contribution in [0, 0.1) is 11.3 Å². The van der Waals surface area contributed by atoms with E-state index in [2.05, 4.69) is 25.0 Å². The van der Waals surface area contributed by atoms with Crippen molar-refractivity contribution < 1.29 is 9.32 Å². The zero-order valence-corrected chi connectivity index (χ0v) is 14.3. The smallest absolute Gasteiger partial charge is 0.350 e. The Morgan fingerprint density at radius 1 is 1.19 bits per heavy atom. The van der Waals surface area contributed by atoms with Crippen molar-refractivity contribution >= 4 is 34.1 Å². The maximum Gasteiger partial charge on any atom is 0.439 e. The van der Waals surface area contributed by atoms with Crippen LogP contribution < -0.4 is 11.1 Å². The average molecular weight is 380 g/mol. The van der Waals surface area contributed by atoms with Crippen molar-refractivity contribution in [2.75, 3.05) is 5.32 Å². The zero-order chi connectivity index (χ0) is 19.0. The maximum absolute atomic E-state index is 12.7. The van der Waals surface area contributed by atoms with Crippen molar-refractivity contribution in [3.05, 3.63) is 69.3 Å². The van der Waals surface area contributed by atoms with Crippen molar-refractivity contribution in [1.29, 1.82) is 5.26 Å². The Bertz CT molecular complexity index is 1280. The molecule has 0 atom stereocenters. The fourth-order valence-electron chi connectivity index (χ4n) is 2.68. The fourth-order valence-corrected chi connectivity index (χ4v) is 2.85. The van der Waals surface area contributed by atoms with Gasteiger partial charge in [0.25, 0.3) is 5.91 Å². The number of aromatic amines is 2. The summed E-state index contributed by atoms with van der Waals surface area (Å²) in [5, 5.41) is 16.9. The first-order valence-electron chi connectivity index (χ1n) is 7.73. The number of amides is 1. The Morgan fingerprint density at radius 3 is 2.78 bits per heavy atom. The summed E-state index contributed by atoms with van der Waals surface area (Å²) in [7, 11) is 0. The average Bonchev–Trinajstić information content (AvgIpc) is 3.27. The summed E-state index contributed by atoms with van der Waals surface area (Å²) in [5.41, 5.74) is 2.12. The van der Waals surface area contributed by atoms with Crippen LogP contribution in [0.5, 0.6) is 0 Å². The van der Waals surface area contributed by atoms with Gasteiger partial charge in [-0.05, 0) is 36.4 Å². The van der Waals surface area contributed by atoms with Gasteiger partial charge >= 0.3 is 5.76 Å². The van der Waals surface area contributed by atoms with Crippen molar-refractivity contribution in [2.24, 2.45) is 0 Å². The molecule has 8 nitrogen and oxygen atoms in total. The minimum absolute atomic E-state index is 0.107. The summed E-state index contributed by atoms with van der Waals surface area (Å²) >= 11 is 5.96. The van der Waals surface area contributed by atoms with Crippen molar-refractivity contribution in [1.82, 2.24) is 15.1 Å². The minimum atomic E-state index is -0.739. The van der Waals surface area contributed by atoms with Gasteiger partial charge in [0.15, 0.2) is 5.82 Å². The number of H-pyrrole nitrogens is 2. The third-order valence-electron chi connectivity index (χ3n) is 3.92. The van der Waals surface area contributed by atoms with Crippen LogP contribution in [0.15, 0.2) is 51.8 Å². The molecule has 0 saturated carbocycles. The van der Waals surface area contributed by atoms with Gasteiger partial charge in [-0.15, -0.1) is 0 Å². The molecule has 0 saturated heterocycles. The van der Waals surface area contributed by atoms with E-state index in [1.807, 2.05) is 6.07 Å². The van der Waals surface area contributed by atoms with Gasteiger partial charge in [-0.1, -0.05) is 22.8 Å². The number of halogens is 1. The molecule has 0 spiro atoms. The molecule has 27 heavy (non-hydrogen) atoms. The largest absolute Gasteiger partial charge is 0.439 e. The van der Waals surface area contributed by atoms with E-state index in [0.29, 0.717) is 27.5 Å². The number of fused-ring (bicyclic) bond motifs is 1. The Morgan fingerprint density at radius 2 is 2.04 bits per heavy atom. The lowest BCUT2D eigenvalue weighted by atomic mass is 10.1. The molecule has 0 aliphatic rings. The third kappa shape index (κ3) is 3.19. The van der Waals surface area contributed by atoms with E-state index in [1.54, 1.807) is 36.4 Å². The summed E-state index contributed by atoms with van der Waals surface area (Å²) in [4.78, 5) is 29.3. The number of nitrogens with zero attached hydrogens (tertiary/aromatic N) is 2. The summed E-state index contributed by atoms with van der Waals surface area (Å²) in [6.07, 6.45) is 0. The summed E-state index contributed by atoms with van der Waals surface area (Å²) < 4.78 is 4.51. The Balaban J connectivity index is 1.71. The molecule has 132 valence electrons. The monoisotopic (exact) mass is 379 g/mol. The van der Waals surface area contributed by atoms with E-state index >= 15 is 0 Å². The van der Waals surface area contributed by atoms with Crippen LogP contribution in [0.25, 0.3) is 22.3 Å². The van der Waals surface area contributed by atoms with Crippen molar-refractivity contribution in [3.8, 4) is 17.5 Å². The molecule has 3 N–H and O–H groups in total. The number of anilines is 1. The molecule has 2 heterocycles. The molecule has 0 bridgehead atoms. The standard InChI is InChI=1S/C18H10ClN5O3/c19-11-3-2-10-6-15(21-14(10)7-11)17(25)22-13-4-1-9(8-20)5-12(13)16-23-18(26)27-24-16/h1-7,21H,(H,22,25)(H,23,24,26). The van der Waals surface area contributed by atoms with Crippen LogP contribution in [-0.2, 0) is 0 Å². The highest BCUT2D eigenvalue weighted by Crippen LogP contribution is 2.27. The summed E-state index contributed by atoms with van der Waals surface area (Å²) in [5.74, 6) is -1.04. The molecule has 1 amide bonds.